The van der Waals surface area contributed by atoms with Gasteiger partial charge in [-0.05, 0) is 25.2 Å². The average molecular weight is 382 g/mol. The number of nitrogens with zero attached hydrogens (tertiary/aromatic N) is 4. The first-order valence-corrected chi connectivity index (χ1v) is 10.8. The normalized spacial score (nSPS) is 26.7. The highest BCUT2D eigenvalue weighted by molar-refractivity contribution is 7.99. The second-order valence-electron chi connectivity index (χ2n) is 7.36. The van der Waals surface area contributed by atoms with E-state index in [9.17, 15) is 4.79 Å². The van der Waals surface area contributed by atoms with Crippen molar-refractivity contribution in [2.75, 3.05) is 37.0 Å². The summed E-state index contributed by atoms with van der Waals surface area (Å²) >= 11 is 1.47. The quantitative estimate of drug-likeness (QED) is 0.762. The number of morpholine rings is 1. The van der Waals surface area contributed by atoms with E-state index in [0.717, 1.165) is 50.4 Å². The summed E-state index contributed by atoms with van der Waals surface area (Å²) in [5.74, 6) is 2.60. The van der Waals surface area contributed by atoms with Crippen molar-refractivity contribution in [2.45, 2.75) is 57.8 Å². The average Bonchev–Trinajstić information content (AvgIpc) is 3.07. The molecule has 1 aromatic heterocycles. The number of carbonyl (C=O) groups is 1. The minimum absolute atomic E-state index is 0.0968. The third kappa shape index (κ3) is 4.52. The molecule has 0 radical (unpaired) electrons. The molecule has 1 aliphatic heterocycles. The van der Waals surface area contributed by atoms with Gasteiger partial charge in [0, 0.05) is 25.7 Å². The maximum absolute atomic E-state index is 12.4. The van der Waals surface area contributed by atoms with Gasteiger partial charge in [-0.2, -0.15) is 0 Å². The van der Waals surface area contributed by atoms with E-state index >= 15 is 0 Å². The van der Waals surface area contributed by atoms with Crippen LogP contribution in [-0.4, -0.2) is 58.8 Å². The van der Waals surface area contributed by atoms with Crippen LogP contribution in [0.4, 0.5) is 5.95 Å². The van der Waals surface area contributed by atoms with Crippen LogP contribution in [0.2, 0.25) is 0 Å². The SMILES string of the molecule is CCn1c(SCC(=O)NC2CCCC(C)C2C)nnc1N1CCOCC1. The van der Waals surface area contributed by atoms with Crippen LogP contribution in [-0.2, 0) is 16.1 Å². The second-order valence-corrected chi connectivity index (χ2v) is 8.30. The number of rotatable bonds is 6. The third-order valence-electron chi connectivity index (χ3n) is 5.69. The molecule has 1 N–H and O–H groups in total. The Morgan fingerprint density at radius 1 is 1.27 bits per heavy atom. The number of hydrogen-bond acceptors (Lipinski definition) is 6. The molecule has 0 spiro atoms. The molecule has 3 unspecified atom stereocenters. The van der Waals surface area contributed by atoms with E-state index in [4.69, 9.17) is 4.74 Å². The van der Waals surface area contributed by atoms with Gasteiger partial charge in [0.1, 0.15) is 0 Å². The van der Waals surface area contributed by atoms with Crippen LogP contribution in [0.5, 0.6) is 0 Å². The highest BCUT2D eigenvalue weighted by Crippen LogP contribution is 2.29. The van der Waals surface area contributed by atoms with Gasteiger partial charge >= 0.3 is 0 Å². The van der Waals surface area contributed by atoms with Gasteiger partial charge in [0.25, 0.3) is 0 Å². The van der Waals surface area contributed by atoms with Gasteiger partial charge in [-0.15, -0.1) is 10.2 Å². The Kier molecular flexibility index (Phi) is 6.80. The van der Waals surface area contributed by atoms with Crippen LogP contribution in [0.1, 0.15) is 40.0 Å². The van der Waals surface area contributed by atoms with E-state index in [1.165, 1.54) is 24.6 Å². The number of nitrogens with one attached hydrogen (secondary N) is 1. The molecule has 3 atom stereocenters. The van der Waals surface area contributed by atoms with E-state index in [1.54, 1.807) is 0 Å². The predicted octanol–water partition coefficient (Wildman–Crippen LogP) is 2.17. The fourth-order valence-electron chi connectivity index (χ4n) is 3.83. The van der Waals surface area contributed by atoms with Gasteiger partial charge < -0.3 is 15.0 Å². The van der Waals surface area contributed by atoms with E-state index in [2.05, 4.69) is 45.8 Å². The summed E-state index contributed by atoms with van der Waals surface area (Å²) in [5.41, 5.74) is 0. The van der Waals surface area contributed by atoms with Crippen molar-refractivity contribution in [2.24, 2.45) is 11.8 Å². The van der Waals surface area contributed by atoms with Crippen molar-refractivity contribution < 1.29 is 9.53 Å². The molecule has 1 aliphatic carbocycles. The van der Waals surface area contributed by atoms with Crippen molar-refractivity contribution in [3.63, 3.8) is 0 Å². The van der Waals surface area contributed by atoms with Crippen molar-refractivity contribution in [1.29, 1.82) is 0 Å². The standard InChI is InChI=1S/C18H31N5O2S/c1-4-23-17(22-8-10-25-11-9-22)20-21-18(23)26-12-16(24)19-15-7-5-6-13(2)14(15)3/h13-15H,4-12H2,1-3H3,(H,19,24). The minimum Gasteiger partial charge on any atom is -0.378 e. The lowest BCUT2D eigenvalue weighted by molar-refractivity contribution is -0.120. The van der Waals surface area contributed by atoms with Crippen LogP contribution >= 0.6 is 11.8 Å². The summed E-state index contributed by atoms with van der Waals surface area (Å²) in [5, 5.41) is 12.7. The number of amides is 1. The molecular formula is C18H31N5O2S. The molecular weight excluding hydrogens is 350 g/mol. The minimum atomic E-state index is 0.0968. The number of anilines is 1. The van der Waals surface area contributed by atoms with Crippen LogP contribution < -0.4 is 10.2 Å². The Bertz CT molecular complexity index is 602. The lowest BCUT2D eigenvalue weighted by Crippen LogP contribution is -2.44. The molecule has 146 valence electrons. The summed E-state index contributed by atoms with van der Waals surface area (Å²) in [6, 6.07) is 0.305. The zero-order valence-electron chi connectivity index (χ0n) is 16.1. The number of aromatic nitrogens is 3. The molecule has 2 fully saturated rings. The first-order chi connectivity index (χ1) is 12.6. The molecule has 1 amide bonds. The number of hydrogen-bond donors (Lipinski definition) is 1. The maximum atomic E-state index is 12.4. The molecule has 0 bridgehead atoms. The molecule has 1 saturated heterocycles. The van der Waals surface area contributed by atoms with Crippen molar-refractivity contribution in [3.8, 4) is 0 Å². The highest BCUT2D eigenvalue weighted by Gasteiger charge is 2.28. The van der Waals surface area contributed by atoms with E-state index in [-0.39, 0.29) is 5.91 Å². The van der Waals surface area contributed by atoms with Crippen LogP contribution in [0.3, 0.4) is 0 Å². The Balaban J connectivity index is 1.55. The van der Waals surface area contributed by atoms with Gasteiger partial charge in [-0.3, -0.25) is 9.36 Å². The van der Waals surface area contributed by atoms with Gasteiger partial charge in [0.2, 0.25) is 11.9 Å². The van der Waals surface area contributed by atoms with E-state index in [1.807, 2.05) is 0 Å². The maximum Gasteiger partial charge on any atom is 0.230 e. The van der Waals surface area contributed by atoms with Crippen LogP contribution in [0.15, 0.2) is 5.16 Å². The summed E-state index contributed by atoms with van der Waals surface area (Å²) in [4.78, 5) is 14.6. The van der Waals surface area contributed by atoms with Gasteiger partial charge in [-0.1, -0.05) is 38.5 Å². The zero-order valence-corrected chi connectivity index (χ0v) is 16.9. The Morgan fingerprint density at radius 3 is 2.77 bits per heavy atom. The first kappa shape index (κ1) is 19.5. The molecule has 26 heavy (non-hydrogen) atoms. The molecule has 1 aromatic rings. The lowest BCUT2D eigenvalue weighted by Gasteiger charge is -2.34. The van der Waals surface area contributed by atoms with Gasteiger partial charge in [0.05, 0.1) is 19.0 Å². The lowest BCUT2D eigenvalue weighted by atomic mass is 9.78. The van der Waals surface area contributed by atoms with Crippen LogP contribution in [0.25, 0.3) is 0 Å². The van der Waals surface area contributed by atoms with Gasteiger partial charge in [-0.25, -0.2) is 0 Å². The summed E-state index contributed by atoms with van der Waals surface area (Å²) in [6.07, 6.45) is 3.57. The van der Waals surface area contributed by atoms with Crippen molar-refractivity contribution in [1.82, 2.24) is 20.1 Å². The van der Waals surface area contributed by atoms with E-state index in [0.29, 0.717) is 23.6 Å². The van der Waals surface area contributed by atoms with Crippen molar-refractivity contribution >= 4 is 23.6 Å². The van der Waals surface area contributed by atoms with Crippen molar-refractivity contribution in [3.05, 3.63) is 0 Å². The second kappa shape index (κ2) is 9.08. The highest BCUT2D eigenvalue weighted by atomic mass is 32.2. The Hall–Kier alpha value is -1.28. The monoisotopic (exact) mass is 381 g/mol. The molecule has 2 heterocycles. The molecule has 1 saturated carbocycles. The summed E-state index contributed by atoms with van der Waals surface area (Å²) in [7, 11) is 0. The number of ether oxygens (including phenoxy) is 1. The van der Waals surface area contributed by atoms with Gasteiger partial charge in [0.15, 0.2) is 5.16 Å². The number of thioether (sulfide) groups is 1. The smallest absolute Gasteiger partial charge is 0.230 e. The Morgan fingerprint density at radius 2 is 2.04 bits per heavy atom. The third-order valence-corrected chi connectivity index (χ3v) is 6.66. The fraction of sp³-hybridized carbons (Fsp3) is 0.833. The molecule has 7 nitrogen and oxygen atoms in total. The zero-order chi connectivity index (χ0) is 18.5. The summed E-state index contributed by atoms with van der Waals surface area (Å²) in [6.45, 7) is 10.5. The predicted molar refractivity (Wildman–Crippen MR) is 104 cm³/mol. The fourth-order valence-corrected chi connectivity index (χ4v) is 4.63. The number of carbonyl (C=O) groups excluding carboxylic acids is 1. The van der Waals surface area contributed by atoms with E-state index < -0.39 is 0 Å². The largest absolute Gasteiger partial charge is 0.378 e. The topological polar surface area (TPSA) is 72.3 Å². The summed E-state index contributed by atoms with van der Waals surface area (Å²) < 4.78 is 7.50. The first-order valence-electron chi connectivity index (χ1n) is 9.78. The Labute approximate surface area is 160 Å². The molecule has 0 aromatic carbocycles. The molecule has 2 aliphatic rings. The van der Waals surface area contributed by atoms with Crippen LogP contribution in [0, 0.1) is 11.8 Å². The molecule has 8 heteroatoms. The molecule has 3 rings (SSSR count).